The number of non-ortho nitro benzene ring substituents is 1. The van der Waals surface area contributed by atoms with Gasteiger partial charge in [0.2, 0.25) is 0 Å². The van der Waals surface area contributed by atoms with Crippen LogP contribution in [0, 0.1) is 24.0 Å². The lowest BCUT2D eigenvalue weighted by atomic mass is 10.2. The van der Waals surface area contributed by atoms with E-state index in [0.717, 1.165) is 22.6 Å². The number of nitro benzene ring substituents is 1. The van der Waals surface area contributed by atoms with Gasteiger partial charge in [0.05, 0.1) is 16.3 Å². The largest absolute Gasteiger partial charge is 0.486 e. The van der Waals surface area contributed by atoms with Crippen molar-refractivity contribution in [2.75, 3.05) is 0 Å². The Morgan fingerprint density at radius 3 is 2.52 bits per heavy atom. The first-order valence-electron chi connectivity index (χ1n) is 10.3. The van der Waals surface area contributed by atoms with Gasteiger partial charge in [-0.1, -0.05) is 18.2 Å². The van der Waals surface area contributed by atoms with E-state index in [9.17, 15) is 14.9 Å². The van der Waals surface area contributed by atoms with Gasteiger partial charge >= 0.3 is 0 Å². The number of nitro groups is 1. The maximum Gasteiger partial charge on any atom is 0.287 e. The van der Waals surface area contributed by atoms with E-state index in [1.807, 2.05) is 48.9 Å². The second kappa shape index (κ2) is 9.39. The normalized spacial score (nSPS) is 10.7. The molecular weight excluding hydrogens is 424 g/mol. The summed E-state index contributed by atoms with van der Waals surface area (Å²) in [5.74, 6) is 0.748. The summed E-state index contributed by atoms with van der Waals surface area (Å²) in [6.45, 7) is 4.29. The third-order valence-electron chi connectivity index (χ3n) is 5.18. The lowest BCUT2D eigenvalue weighted by Gasteiger charge is -2.06. The van der Waals surface area contributed by atoms with Crippen molar-refractivity contribution in [1.29, 1.82) is 0 Å². The lowest BCUT2D eigenvalue weighted by Crippen LogP contribution is -2.23. The highest BCUT2D eigenvalue weighted by atomic mass is 16.6. The number of ether oxygens (including phenoxy) is 1. The van der Waals surface area contributed by atoms with Crippen molar-refractivity contribution < 1.29 is 18.9 Å². The van der Waals surface area contributed by atoms with Crippen molar-refractivity contribution in [3.63, 3.8) is 0 Å². The first-order valence-corrected chi connectivity index (χ1v) is 10.3. The van der Waals surface area contributed by atoms with Gasteiger partial charge < -0.3 is 14.5 Å². The number of aromatic nitrogens is 2. The molecule has 9 heteroatoms. The second-order valence-electron chi connectivity index (χ2n) is 7.39. The van der Waals surface area contributed by atoms with Crippen molar-refractivity contribution in [1.82, 2.24) is 15.1 Å². The molecule has 1 N–H and O–H groups in total. The standard InChI is InChI=1S/C24H22N4O5/c1-16-22(17(2)27(26-16)18-6-4-3-5-7-18)14-25-24(29)23-13-12-21(33-23)15-32-20-10-8-19(9-11-20)28(30)31/h3-13H,14-15H2,1-2H3,(H,25,29). The summed E-state index contributed by atoms with van der Waals surface area (Å²) >= 11 is 0. The van der Waals surface area contributed by atoms with Crippen LogP contribution in [0.1, 0.15) is 33.3 Å². The second-order valence-corrected chi connectivity index (χ2v) is 7.39. The molecule has 0 unspecified atom stereocenters. The van der Waals surface area contributed by atoms with Crippen molar-refractivity contribution >= 4 is 11.6 Å². The third-order valence-corrected chi connectivity index (χ3v) is 5.18. The zero-order valence-electron chi connectivity index (χ0n) is 18.1. The van der Waals surface area contributed by atoms with Crippen LogP contribution in [-0.4, -0.2) is 20.6 Å². The number of nitrogens with zero attached hydrogens (tertiary/aromatic N) is 3. The number of benzene rings is 2. The molecule has 4 aromatic rings. The molecule has 2 aromatic carbocycles. The number of para-hydroxylation sites is 1. The van der Waals surface area contributed by atoms with Crippen molar-refractivity contribution in [2.45, 2.75) is 27.0 Å². The zero-order chi connectivity index (χ0) is 23.4. The Labute approximate surface area is 189 Å². The topological polar surface area (TPSA) is 112 Å². The van der Waals surface area contributed by atoms with Crippen molar-refractivity contribution in [2.24, 2.45) is 0 Å². The SMILES string of the molecule is Cc1nn(-c2ccccc2)c(C)c1CNC(=O)c1ccc(COc2ccc([N+](=O)[O-])cc2)o1. The summed E-state index contributed by atoms with van der Waals surface area (Å²) in [7, 11) is 0. The summed E-state index contributed by atoms with van der Waals surface area (Å²) in [5.41, 5.74) is 3.68. The summed E-state index contributed by atoms with van der Waals surface area (Å²) in [6.07, 6.45) is 0. The molecule has 0 radical (unpaired) electrons. The fourth-order valence-electron chi connectivity index (χ4n) is 3.40. The Kier molecular flexibility index (Phi) is 6.21. The van der Waals surface area contributed by atoms with Crippen LogP contribution >= 0.6 is 0 Å². The van der Waals surface area contributed by atoms with Gasteiger partial charge in [-0.15, -0.1) is 0 Å². The van der Waals surface area contributed by atoms with Crippen LogP contribution in [0.15, 0.2) is 71.1 Å². The molecule has 2 heterocycles. The van der Waals surface area contributed by atoms with Gasteiger partial charge in [-0.3, -0.25) is 14.9 Å². The molecule has 0 saturated heterocycles. The summed E-state index contributed by atoms with van der Waals surface area (Å²) in [4.78, 5) is 22.8. The number of nitrogens with one attached hydrogen (secondary N) is 1. The molecule has 2 aromatic heterocycles. The number of carbonyl (C=O) groups is 1. The molecule has 168 valence electrons. The Morgan fingerprint density at radius 2 is 1.82 bits per heavy atom. The number of furan rings is 1. The van der Waals surface area contributed by atoms with Gasteiger partial charge in [0, 0.05) is 29.9 Å². The quantitative estimate of drug-likeness (QED) is 0.315. The monoisotopic (exact) mass is 446 g/mol. The van der Waals surface area contributed by atoms with E-state index >= 15 is 0 Å². The molecule has 1 amide bonds. The minimum atomic E-state index is -0.475. The molecule has 33 heavy (non-hydrogen) atoms. The molecular formula is C24H22N4O5. The van der Waals surface area contributed by atoms with Crippen LogP contribution in [0.25, 0.3) is 5.69 Å². The van der Waals surface area contributed by atoms with E-state index in [0.29, 0.717) is 18.1 Å². The Balaban J connectivity index is 1.35. The molecule has 0 aliphatic heterocycles. The molecule has 0 fully saturated rings. The van der Waals surface area contributed by atoms with E-state index in [1.165, 1.54) is 24.3 Å². The highest BCUT2D eigenvalue weighted by molar-refractivity contribution is 5.91. The number of rotatable bonds is 8. The van der Waals surface area contributed by atoms with E-state index in [1.54, 1.807) is 12.1 Å². The van der Waals surface area contributed by atoms with Crippen LogP contribution < -0.4 is 10.1 Å². The summed E-state index contributed by atoms with van der Waals surface area (Å²) in [5, 5.41) is 18.2. The summed E-state index contributed by atoms with van der Waals surface area (Å²) in [6, 6.07) is 18.8. The number of carbonyl (C=O) groups excluding carboxylic acids is 1. The van der Waals surface area contributed by atoms with Gasteiger partial charge in [0.1, 0.15) is 18.1 Å². The minimum absolute atomic E-state index is 0.0147. The van der Waals surface area contributed by atoms with Gasteiger partial charge in [0.15, 0.2) is 5.76 Å². The van der Waals surface area contributed by atoms with Gasteiger partial charge in [-0.05, 0) is 50.2 Å². The number of amides is 1. The van der Waals surface area contributed by atoms with Crippen LogP contribution in [0.4, 0.5) is 5.69 Å². The zero-order valence-corrected chi connectivity index (χ0v) is 18.1. The number of hydrogen-bond acceptors (Lipinski definition) is 6. The maximum atomic E-state index is 12.6. The van der Waals surface area contributed by atoms with Gasteiger partial charge in [-0.2, -0.15) is 5.10 Å². The molecule has 0 bridgehead atoms. The molecule has 0 aliphatic carbocycles. The summed E-state index contributed by atoms with van der Waals surface area (Å²) < 4.78 is 13.0. The Morgan fingerprint density at radius 1 is 1.09 bits per heavy atom. The van der Waals surface area contributed by atoms with Crippen molar-refractivity contribution in [3.8, 4) is 11.4 Å². The Hall–Kier alpha value is -4.40. The number of hydrogen-bond donors (Lipinski definition) is 1. The van der Waals surface area contributed by atoms with Gasteiger partial charge in [0.25, 0.3) is 11.6 Å². The van der Waals surface area contributed by atoms with Crippen LogP contribution in [0.5, 0.6) is 5.75 Å². The van der Waals surface area contributed by atoms with E-state index < -0.39 is 4.92 Å². The van der Waals surface area contributed by atoms with E-state index in [4.69, 9.17) is 9.15 Å². The molecule has 0 aliphatic rings. The molecule has 0 atom stereocenters. The fourth-order valence-corrected chi connectivity index (χ4v) is 3.40. The molecule has 9 nitrogen and oxygen atoms in total. The lowest BCUT2D eigenvalue weighted by molar-refractivity contribution is -0.384. The smallest absolute Gasteiger partial charge is 0.287 e. The predicted octanol–water partition coefficient (Wildman–Crippen LogP) is 4.50. The highest BCUT2D eigenvalue weighted by Gasteiger charge is 2.16. The Bertz CT molecular complexity index is 1280. The minimum Gasteiger partial charge on any atom is -0.486 e. The first kappa shape index (κ1) is 21.8. The molecule has 0 saturated carbocycles. The third kappa shape index (κ3) is 4.93. The van der Waals surface area contributed by atoms with Crippen LogP contribution in [-0.2, 0) is 13.2 Å². The van der Waals surface area contributed by atoms with Crippen LogP contribution in [0.2, 0.25) is 0 Å². The van der Waals surface area contributed by atoms with Gasteiger partial charge in [-0.25, -0.2) is 4.68 Å². The first-order chi connectivity index (χ1) is 15.9. The van der Waals surface area contributed by atoms with E-state index in [-0.39, 0.29) is 24.0 Å². The van der Waals surface area contributed by atoms with Crippen LogP contribution in [0.3, 0.4) is 0 Å². The average Bonchev–Trinajstić information content (AvgIpc) is 3.41. The van der Waals surface area contributed by atoms with E-state index in [2.05, 4.69) is 10.4 Å². The number of aryl methyl sites for hydroxylation is 1. The molecule has 0 spiro atoms. The predicted molar refractivity (Wildman–Crippen MR) is 120 cm³/mol. The van der Waals surface area contributed by atoms with Crippen molar-refractivity contribution in [3.05, 3.63) is 105 Å². The molecule has 4 rings (SSSR count). The fraction of sp³-hybridized carbons (Fsp3) is 0.167. The highest BCUT2D eigenvalue weighted by Crippen LogP contribution is 2.20. The maximum absolute atomic E-state index is 12.6. The average molecular weight is 446 g/mol.